The van der Waals surface area contributed by atoms with Crippen LogP contribution in [0.15, 0.2) is 82.6 Å². The van der Waals surface area contributed by atoms with E-state index in [0.29, 0.717) is 89.2 Å². The van der Waals surface area contributed by atoms with E-state index in [4.69, 9.17) is 36.0 Å². The molecule has 0 heterocycles. The molecule has 0 spiro atoms. The molecular weight excluding hydrogens is 789 g/mol. The molecule has 4 rings (SSSR count). The summed E-state index contributed by atoms with van der Waals surface area (Å²) in [5.74, 6) is 0.941. The fourth-order valence-corrected chi connectivity index (χ4v) is 13.2. The van der Waals surface area contributed by atoms with Crippen molar-refractivity contribution in [3.05, 3.63) is 72.8 Å². The lowest BCUT2D eigenvalue weighted by Crippen LogP contribution is -2.46. The van der Waals surface area contributed by atoms with Crippen LogP contribution in [-0.4, -0.2) is 82.5 Å². The molecular formula is C40H56N2O10S2Si2. The van der Waals surface area contributed by atoms with E-state index in [1.807, 2.05) is 77.9 Å². The Labute approximate surface area is 341 Å². The van der Waals surface area contributed by atoms with Gasteiger partial charge in [0.05, 0.1) is 0 Å². The molecule has 0 bridgehead atoms. The molecule has 0 saturated heterocycles. The number of hydrogen-bond acceptors (Lipinski definition) is 12. The molecule has 0 aliphatic heterocycles. The van der Waals surface area contributed by atoms with Gasteiger partial charge in [0.2, 0.25) is 0 Å². The lowest BCUT2D eigenvalue weighted by Gasteiger charge is -2.28. The minimum atomic E-state index is -2.75. The Morgan fingerprint density at radius 3 is 1.14 bits per heavy atom. The molecule has 16 heteroatoms. The van der Waals surface area contributed by atoms with Crippen LogP contribution in [0.3, 0.4) is 0 Å². The smallest absolute Gasteiger partial charge is 0.410 e. The minimum Gasteiger partial charge on any atom is -0.410 e. The molecule has 0 aromatic heterocycles. The van der Waals surface area contributed by atoms with Crippen molar-refractivity contribution in [3.8, 4) is 11.5 Å². The first kappa shape index (κ1) is 45.5. The molecule has 0 unspecified atom stereocenters. The summed E-state index contributed by atoms with van der Waals surface area (Å²) in [4.78, 5) is 27.2. The molecule has 4 aromatic carbocycles. The van der Waals surface area contributed by atoms with Crippen molar-refractivity contribution < 1.29 is 45.6 Å². The maximum atomic E-state index is 12.5. The van der Waals surface area contributed by atoms with Crippen LogP contribution in [0, 0.1) is 0 Å². The third kappa shape index (κ3) is 14.3. The Bertz CT molecular complexity index is 1670. The molecule has 12 nitrogen and oxygen atoms in total. The highest BCUT2D eigenvalue weighted by Crippen LogP contribution is 2.40. The van der Waals surface area contributed by atoms with E-state index < -0.39 is 29.8 Å². The molecule has 56 heavy (non-hydrogen) atoms. The second kappa shape index (κ2) is 23.9. The summed E-state index contributed by atoms with van der Waals surface area (Å²) in [5, 5.41) is 9.66. The van der Waals surface area contributed by atoms with Crippen molar-refractivity contribution in [1.82, 2.24) is 10.6 Å². The zero-order valence-corrected chi connectivity index (χ0v) is 36.9. The second-order valence-corrected chi connectivity index (χ2v) is 20.1. The summed E-state index contributed by atoms with van der Waals surface area (Å²) < 4.78 is 46.4. The number of benzene rings is 4. The Morgan fingerprint density at radius 1 is 0.482 bits per heavy atom. The standard InChI is InChI=1S/C40H56N2O10S2Si2/c1-7-45-55(46-8-2,47-9-3)25-13-23-41-39(43)51-35-19-15-33-29-37(21-17-31(33)27-35)53-54-38-22-18-32-28-36(20-16-34(32)30-38)52-40(44)42-24-14-26-56(48-10-4,49-11-5)50-12-6/h15-22,27-30H,7-14,23-26H2,1-6H3,(H,41,43)(H,42,44). The number of rotatable bonds is 25. The van der Waals surface area contributed by atoms with E-state index in [-0.39, 0.29) is 0 Å². The summed E-state index contributed by atoms with van der Waals surface area (Å²) >= 11 is 0. The van der Waals surface area contributed by atoms with E-state index in [0.717, 1.165) is 31.3 Å². The van der Waals surface area contributed by atoms with Gasteiger partial charge in [0.15, 0.2) is 0 Å². The van der Waals surface area contributed by atoms with Gasteiger partial charge in [-0.05, 0) is 124 Å². The van der Waals surface area contributed by atoms with E-state index in [1.165, 1.54) is 0 Å². The monoisotopic (exact) mass is 844 g/mol. The molecule has 2 N–H and O–H groups in total. The number of carbonyl (C=O) groups is 2. The van der Waals surface area contributed by atoms with E-state index in [9.17, 15) is 9.59 Å². The van der Waals surface area contributed by atoms with Gasteiger partial charge < -0.3 is 46.7 Å². The maximum absolute atomic E-state index is 12.5. The maximum Gasteiger partial charge on any atom is 0.500 e. The molecule has 0 fully saturated rings. The van der Waals surface area contributed by atoms with Gasteiger partial charge in [-0.2, -0.15) is 0 Å². The summed E-state index contributed by atoms with van der Waals surface area (Å²) in [7, 11) is -2.18. The molecule has 0 aliphatic rings. The van der Waals surface area contributed by atoms with Crippen LogP contribution < -0.4 is 20.1 Å². The Kier molecular flexibility index (Phi) is 19.4. The zero-order valence-electron chi connectivity index (χ0n) is 33.3. The van der Waals surface area contributed by atoms with Crippen molar-refractivity contribution >= 4 is 72.9 Å². The van der Waals surface area contributed by atoms with Gasteiger partial charge >= 0.3 is 29.8 Å². The van der Waals surface area contributed by atoms with E-state index in [2.05, 4.69) is 34.9 Å². The second-order valence-electron chi connectivity index (χ2n) is 12.3. The summed E-state index contributed by atoms with van der Waals surface area (Å²) in [6.45, 7) is 15.5. The SMILES string of the molecule is CCO[Si](CCCNC(=O)Oc1ccc2cc(SSc3ccc4cc(OC(=O)NCCC[Si](OCC)(OCC)OCC)ccc4c3)ccc2c1)(OCC)OCC. The van der Waals surface area contributed by atoms with Crippen molar-refractivity contribution in [1.29, 1.82) is 0 Å². The van der Waals surface area contributed by atoms with Crippen LogP contribution in [0.4, 0.5) is 9.59 Å². The van der Waals surface area contributed by atoms with Crippen molar-refractivity contribution in [3.63, 3.8) is 0 Å². The lowest BCUT2D eigenvalue weighted by molar-refractivity contribution is 0.0700. The predicted molar refractivity (Wildman–Crippen MR) is 228 cm³/mol. The lowest BCUT2D eigenvalue weighted by atomic mass is 10.1. The fraction of sp³-hybridized carbons (Fsp3) is 0.450. The minimum absolute atomic E-state index is 0.419. The predicted octanol–water partition coefficient (Wildman–Crippen LogP) is 9.85. The van der Waals surface area contributed by atoms with Crippen LogP contribution in [0.1, 0.15) is 54.4 Å². The van der Waals surface area contributed by atoms with Gasteiger partial charge in [-0.3, -0.25) is 0 Å². The first-order chi connectivity index (χ1) is 27.2. The van der Waals surface area contributed by atoms with Gasteiger partial charge in [-0.25, -0.2) is 9.59 Å². The molecule has 0 aliphatic carbocycles. The van der Waals surface area contributed by atoms with Crippen molar-refractivity contribution in [2.45, 2.75) is 76.3 Å². The number of ether oxygens (including phenoxy) is 2. The third-order valence-corrected chi connectivity index (χ3v) is 16.9. The van der Waals surface area contributed by atoms with Gasteiger partial charge in [0.1, 0.15) is 11.5 Å². The number of fused-ring (bicyclic) bond motifs is 2. The quantitative estimate of drug-likeness (QED) is 0.0374. The number of hydrogen-bond donors (Lipinski definition) is 2. The topological polar surface area (TPSA) is 132 Å². The summed E-state index contributed by atoms with van der Waals surface area (Å²) in [5.41, 5.74) is 0. The van der Waals surface area contributed by atoms with Gasteiger partial charge in [0, 0.05) is 74.6 Å². The largest absolute Gasteiger partial charge is 0.500 e. The Balaban J connectivity index is 1.23. The summed E-state index contributed by atoms with van der Waals surface area (Å²) in [6.07, 6.45) is 0.279. The van der Waals surface area contributed by atoms with Crippen LogP contribution in [0.25, 0.3) is 21.5 Å². The average Bonchev–Trinajstić information content (AvgIpc) is 3.18. The van der Waals surface area contributed by atoms with E-state index >= 15 is 0 Å². The normalized spacial score (nSPS) is 11.9. The Hall–Kier alpha value is -3.17. The van der Waals surface area contributed by atoms with Crippen LogP contribution in [0.5, 0.6) is 11.5 Å². The third-order valence-electron chi connectivity index (χ3n) is 8.27. The molecule has 2 amide bonds. The number of amides is 2. The highest BCUT2D eigenvalue weighted by atomic mass is 33.1. The first-order valence-corrected chi connectivity index (χ1v) is 25.4. The average molecular weight is 845 g/mol. The fourth-order valence-electron chi connectivity index (χ4n) is 6.01. The van der Waals surface area contributed by atoms with Crippen LogP contribution in [0.2, 0.25) is 12.1 Å². The molecule has 0 atom stereocenters. The highest BCUT2D eigenvalue weighted by Gasteiger charge is 2.40. The van der Waals surface area contributed by atoms with Gasteiger partial charge in [-0.1, -0.05) is 45.9 Å². The molecule has 0 radical (unpaired) electrons. The number of nitrogens with one attached hydrogen (secondary N) is 2. The molecule has 306 valence electrons. The van der Waals surface area contributed by atoms with Crippen LogP contribution >= 0.6 is 21.6 Å². The Morgan fingerprint density at radius 2 is 0.804 bits per heavy atom. The molecule has 4 aromatic rings. The number of carbonyl (C=O) groups excluding carboxylic acids is 2. The van der Waals surface area contributed by atoms with E-state index in [1.54, 1.807) is 33.7 Å². The highest BCUT2D eigenvalue weighted by molar-refractivity contribution is 8.76. The summed E-state index contributed by atoms with van der Waals surface area (Å²) in [6, 6.07) is 24.8. The zero-order chi connectivity index (χ0) is 40.2. The molecule has 0 saturated carbocycles. The van der Waals surface area contributed by atoms with Crippen molar-refractivity contribution in [2.24, 2.45) is 0 Å². The first-order valence-electron chi connectivity index (χ1n) is 19.4. The van der Waals surface area contributed by atoms with Crippen molar-refractivity contribution in [2.75, 3.05) is 52.7 Å². The van der Waals surface area contributed by atoms with Crippen LogP contribution in [-0.2, 0) is 26.6 Å². The van der Waals surface area contributed by atoms with Gasteiger partial charge in [0.25, 0.3) is 0 Å². The van der Waals surface area contributed by atoms with Gasteiger partial charge in [-0.15, -0.1) is 0 Å².